The molecule has 0 aromatic rings. The molecule has 0 bridgehead atoms. The van der Waals surface area contributed by atoms with Crippen LogP contribution in [0.15, 0.2) is 0 Å². The van der Waals surface area contributed by atoms with E-state index in [4.69, 9.17) is 5.41 Å². The van der Waals surface area contributed by atoms with Crippen molar-refractivity contribution < 1.29 is 0 Å². The zero-order valence-electron chi connectivity index (χ0n) is 8.65. The Kier molecular flexibility index (Phi) is 2.45. The Morgan fingerprint density at radius 3 is 2.08 bits per heavy atom. The molecule has 1 saturated carbocycles. The second kappa shape index (κ2) is 3.08. The van der Waals surface area contributed by atoms with Gasteiger partial charge in [0.2, 0.25) is 0 Å². The molecule has 1 atom stereocenters. The minimum Gasteiger partial charge on any atom is -0.361 e. The molecule has 0 aromatic carbocycles. The van der Waals surface area contributed by atoms with Crippen LogP contribution in [0.25, 0.3) is 0 Å². The maximum atomic E-state index is 7.94. The normalized spacial score (nSPS) is 25.2. The summed E-state index contributed by atoms with van der Waals surface area (Å²) in [5.74, 6) is 1.38. The molecule has 12 heavy (non-hydrogen) atoms. The van der Waals surface area contributed by atoms with E-state index in [0.717, 1.165) is 18.9 Å². The minimum atomic E-state index is 0.402. The predicted octanol–water partition coefficient (Wildman–Crippen LogP) is 2.35. The third-order valence-electron chi connectivity index (χ3n) is 2.95. The monoisotopic (exact) mass is 168 g/mol. The highest BCUT2D eigenvalue weighted by atomic mass is 15.2. The fourth-order valence-electron chi connectivity index (χ4n) is 1.72. The van der Waals surface area contributed by atoms with Gasteiger partial charge in [-0.15, -0.1) is 0 Å². The maximum absolute atomic E-state index is 7.94. The van der Waals surface area contributed by atoms with Crippen molar-refractivity contribution in [1.82, 2.24) is 4.90 Å². The molecule has 0 amide bonds. The van der Waals surface area contributed by atoms with Gasteiger partial charge in [0, 0.05) is 19.0 Å². The Morgan fingerprint density at radius 1 is 1.42 bits per heavy atom. The lowest BCUT2D eigenvalue weighted by molar-refractivity contribution is 0.438. The number of hydrogen-bond donors (Lipinski definition) is 1. The van der Waals surface area contributed by atoms with E-state index >= 15 is 0 Å². The molecule has 1 aliphatic rings. The molecular weight excluding hydrogens is 148 g/mol. The van der Waals surface area contributed by atoms with Crippen LogP contribution in [-0.2, 0) is 0 Å². The summed E-state index contributed by atoms with van der Waals surface area (Å²) >= 11 is 0. The van der Waals surface area contributed by atoms with Gasteiger partial charge in [-0.3, -0.25) is 5.41 Å². The number of amidine groups is 1. The molecule has 1 unspecified atom stereocenters. The number of hydrogen-bond acceptors (Lipinski definition) is 1. The fourth-order valence-corrected chi connectivity index (χ4v) is 1.72. The molecule has 0 aliphatic heterocycles. The van der Waals surface area contributed by atoms with Crippen molar-refractivity contribution in [1.29, 1.82) is 5.41 Å². The molecular formula is C10H20N2. The van der Waals surface area contributed by atoms with E-state index in [0.29, 0.717) is 11.3 Å². The Labute approximate surface area is 75.5 Å². The molecule has 0 aromatic heterocycles. The highest BCUT2D eigenvalue weighted by molar-refractivity contribution is 5.85. The molecule has 1 rings (SSSR count). The highest BCUT2D eigenvalue weighted by Crippen LogP contribution is 2.52. The third-order valence-corrected chi connectivity index (χ3v) is 2.95. The summed E-state index contributed by atoms with van der Waals surface area (Å²) in [6.45, 7) is 10.7. The molecule has 0 heterocycles. The van der Waals surface area contributed by atoms with E-state index in [2.05, 4.69) is 32.6 Å². The first-order valence-corrected chi connectivity index (χ1v) is 4.86. The van der Waals surface area contributed by atoms with E-state index in [1.54, 1.807) is 0 Å². The average molecular weight is 168 g/mol. The lowest BCUT2D eigenvalue weighted by Crippen LogP contribution is -2.32. The van der Waals surface area contributed by atoms with Crippen LogP contribution in [0.3, 0.4) is 0 Å². The Bertz CT molecular complexity index is 176. The van der Waals surface area contributed by atoms with Crippen LogP contribution >= 0.6 is 0 Å². The second-order valence-corrected chi connectivity index (χ2v) is 4.30. The summed E-state index contributed by atoms with van der Waals surface area (Å²) in [5, 5.41) is 7.94. The van der Waals surface area contributed by atoms with Crippen LogP contribution in [0.4, 0.5) is 0 Å². The minimum absolute atomic E-state index is 0.402. The predicted molar refractivity (Wildman–Crippen MR) is 52.5 cm³/mol. The molecule has 0 saturated heterocycles. The Balaban J connectivity index is 2.49. The van der Waals surface area contributed by atoms with Crippen LogP contribution in [0.5, 0.6) is 0 Å². The van der Waals surface area contributed by atoms with Crippen LogP contribution in [0, 0.1) is 16.7 Å². The van der Waals surface area contributed by atoms with E-state index in [1.807, 2.05) is 0 Å². The van der Waals surface area contributed by atoms with Crippen LogP contribution in [0.1, 0.15) is 34.1 Å². The van der Waals surface area contributed by atoms with Crippen LogP contribution in [0.2, 0.25) is 0 Å². The first-order chi connectivity index (χ1) is 5.53. The van der Waals surface area contributed by atoms with Gasteiger partial charge < -0.3 is 4.90 Å². The van der Waals surface area contributed by atoms with E-state index in [1.165, 1.54) is 6.42 Å². The van der Waals surface area contributed by atoms with Crippen molar-refractivity contribution in [2.75, 3.05) is 13.1 Å². The van der Waals surface area contributed by atoms with Gasteiger partial charge in [-0.05, 0) is 25.7 Å². The summed E-state index contributed by atoms with van der Waals surface area (Å²) in [4.78, 5) is 2.15. The lowest BCUT2D eigenvalue weighted by atomic mass is 10.1. The Morgan fingerprint density at radius 2 is 1.83 bits per heavy atom. The SMILES string of the molecule is CCN(CC)C(=N)C1CC1(C)C. The number of rotatable bonds is 3. The van der Waals surface area contributed by atoms with E-state index in [-0.39, 0.29) is 0 Å². The summed E-state index contributed by atoms with van der Waals surface area (Å²) in [6.07, 6.45) is 1.20. The van der Waals surface area contributed by atoms with Crippen LogP contribution in [-0.4, -0.2) is 23.8 Å². The zero-order valence-corrected chi connectivity index (χ0v) is 8.65. The quantitative estimate of drug-likeness (QED) is 0.508. The molecule has 0 radical (unpaired) electrons. The average Bonchev–Trinajstić information content (AvgIpc) is 2.62. The van der Waals surface area contributed by atoms with Gasteiger partial charge in [0.25, 0.3) is 0 Å². The molecule has 2 nitrogen and oxygen atoms in total. The number of nitrogens with one attached hydrogen (secondary N) is 1. The first kappa shape index (κ1) is 9.56. The summed E-state index contributed by atoms with van der Waals surface area (Å²) in [7, 11) is 0. The summed E-state index contributed by atoms with van der Waals surface area (Å²) < 4.78 is 0. The molecule has 2 heteroatoms. The first-order valence-electron chi connectivity index (χ1n) is 4.86. The molecule has 1 N–H and O–H groups in total. The van der Waals surface area contributed by atoms with Gasteiger partial charge in [0.1, 0.15) is 0 Å². The maximum Gasteiger partial charge on any atom is 0.0994 e. The van der Waals surface area contributed by atoms with Gasteiger partial charge in [0.05, 0.1) is 5.84 Å². The molecule has 1 aliphatic carbocycles. The summed E-state index contributed by atoms with van der Waals surface area (Å²) in [6, 6.07) is 0. The van der Waals surface area contributed by atoms with Crippen LogP contribution < -0.4 is 0 Å². The topological polar surface area (TPSA) is 27.1 Å². The van der Waals surface area contributed by atoms with Gasteiger partial charge in [0.15, 0.2) is 0 Å². The van der Waals surface area contributed by atoms with Gasteiger partial charge in [-0.1, -0.05) is 13.8 Å². The largest absolute Gasteiger partial charge is 0.361 e. The second-order valence-electron chi connectivity index (χ2n) is 4.30. The van der Waals surface area contributed by atoms with E-state index in [9.17, 15) is 0 Å². The lowest BCUT2D eigenvalue weighted by Gasteiger charge is -2.22. The van der Waals surface area contributed by atoms with Crippen molar-refractivity contribution in [3.63, 3.8) is 0 Å². The molecule has 70 valence electrons. The van der Waals surface area contributed by atoms with Gasteiger partial charge >= 0.3 is 0 Å². The third kappa shape index (κ3) is 1.62. The molecule has 0 spiro atoms. The van der Waals surface area contributed by atoms with E-state index < -0.39 is 0 Å². The smallest absolute Gasteiger partial charge is 0.0994 e. The fraction of sp³-hybridized carbons (Fsp3) is 0.900. The zero-order chi connectivity index (χ0) is 9.35. The van der Waals surface area contributed by atoms with Crippen molar-refractivity contribution in [2.24, 2.45) is 11.3 Å². The van der Waals surface area contributed by atoms with Crippen molar-refractivity contribution >= 4 is 5.84 Å². The highest BCUT2D eigenvalue weighted by Gasteiger charge is 2.49. The van der Waals surface area contributed by atoms with Gasteiger partial charge in [-0.2, -0.15) is 0 Å². The van der Waals surface area contributed by atoms with Crippen molar-refractivity contribution in [2.45, 2.75) is 34.1 Å². The van der Waals surface area contributed by atoms with Gasteiger partial charge in [-0.25, -0.2) is 0 Å². The van der Waals surface area contributed by atoms with Crippen molar-refractivity contribution in [3.05, 3.63) is 0 Å². The molecule has 1 fully saturated rings. The standard InChI is InChI=1S/C10H20N2/c1-5-12(6-2)9(11)8-7-10(8,3)4/h8,11H,5-7H2,1-4H3. The number of nitrogens with zero attached hydrogens (tertiary/aromatic N) is 1. The van der Waals surface area contributed by atoms with Crippen molar-refractivity contribution in [3.8, 4) is 0 Å². The summed E-state index contributed by atoms with van der Waals surface area (Å²) in [5.41, 5.74) is 0.402. The Hall–Kier alpha value is -0.530.